The minimum atomic E-state index is -3.86. The Kier molecular flexibility index (Phi) is 6.46. The predicted octanol–water partition coefficient (Wildman–Crippen LogP) is 3.28. The fraction of sp³-hybridized carbons (Fsp3) is 0.381. The maximum absolute atomic E-state index is 13.2. The van der Waals surface area contributed by atoms with Crippen LogP contribution in [0.25, 0.3) is 0 Å². The minimum Gasteiger partial charge on any atom is -0.342 e. The highest BCUT2D eigenvalue weighted by Gasteiger charge is 2.29. The van der Waals surface area contributed by atoms with Gasteiger partial charge in [-0.3, -0.25) is 4.79 Å². The Morgan fingerprint density at radius 2 is 1.68 bits per heavy atom. The van der Waals surface area contributed by atoms with Crippen molar-refractivity contribution in [2.45, 2.75) is 31.2 Å². The molecule has 3 rings (SSSR count). The second-order valence-electron chi connectivity index (χ2n) is 7.28. The number of rotatable bonds is 6. The number of piperidine rings is 1. The number of carbonyl (C=O) groups is 1. The van der Waals surface area contributed by atoms with E-state index in [2.05, 4.69) is 6.92 Å². The molecule has 0 bridgehead atoms. The van der Waals surface area contributed by atoms with Crippen LogP contribution in [0.5, 0.6) is 0 Å². The van der Waals surface area contributed by atoms with Crippen LogP contribution < -0.4 is 0 Å². The maximum atomic E-state index is 13.2. The Morgan fingerprint density at radius 3 is 2.29 bits per heavy atom. The van der Waals surface area contributed by atoms with Crippen molar-refractivity contribution in [2.75, 3.05) is 19.6 Å². The van der Waals surface area contributed by atoms with Gasteiger partial charge >= 0.3 is 0 Å². The number of hydrogen-bond acceptors (Lipinski definition) is 3. The Hall–Kier alpha value is -2.25. The summed E-state index contributed by atoms with van der Waals surface area (Å²) in [7, 11) is -3.86. The molecule has 0 saturated carbocycles. The zero-order valence-corrected chi connectivity index (χ0v) is 16.7. The summed E-state index contributed by atoms with van der Waals surface area (Å²) in [6.45, 7) is 3.23. The van der Waals surface area contributed by atoms with E-state index in [9.17, 15) is 17.6 Å². The van der Waals surface area contributed by atoms with Crippen molar-refractivity contribution in [3.05, 3.63) is 66.0 Å². The van der Waals surface area contributed by atoms with Gasteiger partial charge < -0.3 is 4.90 Å². The number of amides is 1. The Morgan fingerprint density at radius 1 is 1.07 bits per heavy atom. The van der Waals surface area contributed by atoms with Crippen LogP contribution in [0.3, 0.4) is 0 Å². The first-order valence-corrected chi connectivity index (χ1v) is 10.9. The number of benzene rings is 2. The molecule has 2 aromatic carbocycles. The van der Waals surface area contributed by atoms with E-state index in [4.69, 9.17) is 0 Å². The smallest absolute Gasteiger partial charge is 0.243 e. The Labute approximate surface area is 165 Å². The highest BCUT2D eigenvalue weighted by Crippen LogP contribution is 2.21. The van der Waals surface area contributed by atoms with Crippen molar-refractivity contribution in [3.63, 3.8) is 0 Å². The average Bonchev–Trinajstić information content (AvgIpc) is 2.70. The molecule has 5 nitrogen and oxygen atoms in total. The van der Waals surface area contributed by atoms with E-state index in [-0.39, 0.29) is 29.7 Å². The molecule has 7 heteroatoms. The van der Waals surface area contributed by atoms with Gasteiger partial charge in [0.1, 0.15) is 5.82 Å². The van der Waals surface area contributed by atoms with Gasteiger partial charge in [0, 0.05) is 19.6 Å². The molecule has 0 aromatic heterocycles. The zero-order chi connectivity index (χ0) is 20.1. The molecule has 150 valence electrons. The summed E-state index contributed by atoms with van der Waals surface area (Å²) in [4.78, 5) is 14.7. The number of halogens is 1. The number of nitrogens with zero attached hydrogens (tertiary/aromatic N) is 2. The summed E-state index contributed by atoms with van der Waals surface area (Å²) in [5.74, 6) is -0.0133. The van der Waals surface area contributed by atoms with E-state index in [1.54, 1.807) is 23.1 Å². The Bertz CT molecular complexity index is 893. The molecule has 1 aliphatic rings. The first-order valence-electron chi connectivity index (χ1n) is 9.43. The van der Waals surface area contributed by atoms with Crippen molar-refractivity contribution in [3.8, 4) is 0 Å². The van der Waals surface area contributed by atoms with Crippen LogP contribution in [0.2, 0.25) is 0 Å². The second kappa shape index (κ2) is 8.84. The molecular weight excluding hydrogens is 379 g/mol. The van der Waals surface area contributed by atoms with Crippen LogP contribution in [-0.2, 0) is 21.4 Å². The van der Waals surface area contributed by atoms with Gasteiger partial charge in [-0.15, -0.1) is 0 Å². The van der Waals surface area contributed by atoms with Crippen molar-refractivity contribution in [1.82, 2.24) is 9.21 Å². The van der Waals surface area contributed by atoms with Crippen LogP contribution in [0, 0.1) is 11.7 Å². The molecule has 1 fully saturated rings. The first kappa shape index (κ1) is 20.5. The summed E-state index contributed by atoms with van der Waals surface area (Å²) in [5.41, 5.74) is 0.626. The molecule has 1 saturated heterocycles. The molecule has 1 amide bonds. The van der Waals surface area contributed by atoms with Gasteiger partial charge in [-0.05, 0) is 48.6 Å². The van der Waals surface area contributed by atoms with Crippen LogP contribution in [-0.4, -0.2) is 43.2 Å². The zero-order valence-electron chi connectivity index (χ0n) is 15.9. The van der Waals surface area contributed by atoms with E-state index in [0.29, 0.717) is 24.6 Å². The highest BCUT2D eigenvalue weighted by molar-refractivity contribution is 7.89. The molecule has 0 aliphatic carbocycles. The molecule has 0 radical (unpaired) electrons. The van der Waals surface area contributed by atoms with E-state index in [1.165, 1.54) is 40.7 Å². The van der Waals surface area contributed by atoms with Gasteiger partial charge in [-0.1, -0.05) is 37.3 Å². The molecule has 28 heavy (non-hydrogen) atoms. The lowest BCUT2D eigenvalue weighted by Crippen LogP contribution is -2.45. The molecular formula is C21H25FN2O3S. The topological polar surface area (TPSA) is 57.7 Å². The van der Waals surface area contributed by atoms with Crippen molar-refractivity contribution in [1.29, 1.82) is 0 Å². The summed E-state index contributed by atoms with van der Waals surface area (Å²) < 4.78 is 40.7. The fourth-order valence-electron chi connectivity index (χ4n) is 3.27. The van der Waals surface area contributed by atoms with Gasteiger partial charge in [0.25, 0.3) is 0 Å². The number of carbonyl (C=O) groups excluding carboxylic acids is 1. The molecule has 0 unspecified atom stereocenters. The third-order valence-electron chi connectivity index (χ3n) is 5.10. The summed E-state index contributed by atoms with van der Waals surface area (Å²) >= 11 is 0. The fourth-order valence-corrected chi connectivity index (χ4v) is 4.67. The summed E-state index contributed by atoms with van der Waals surface area (Å²) in [5, 5.41) is 0. The number of sulfonamides is 1. The minimum absolute atomic E-state index is 0.00743. The summed E-state index contributed by atoms with van der Waals surface area (Å²) in [6.07, 6.45) is 1.85. The van der Waals surface area contributed by atoms with Gasteiger partial charge in [0.05, 0.1) is 11.4 Å². The largest absolute Gasteiger partial charge is 0.342 e. The molecule has 1 heterocycles. The normalized spacial score (nSPS) is 15.8. The van der Waals surface area contributed by atoms with Crippen LogP contribution in [0.15, 0.2) is 59.5 Å². The lowest BCUT2D eigenvalue weighted by molar-refractivity contribution is -0.132. The molecule has 2 aromatic rings. The summed E-state index contributed by atoms with van der Waals surface area (Å²) in [6, 6.07) is 13.7. The Balaban J connectivity index is 1.83. The van der Waals surface area contributed by atoms with E-state index in [1.807, 2.05) is 0 Å². The second-order valence-corrected chi connectivity index (χ2v) is 9.21. The predicted molar refractivity (Wildman–Crippen MR) is 105 cm³/mol. The molecule has 0 spiro atoms. The molecule has 0 N–H and O–H groups in total. The average molecular weight is 405 g/mol. The third-order valence-corrected chi connectivity index (χ3v) is 6.91. The number of hydrogen-bond donors (Lipinski definition) is 0. The third kappa shape index (κ3) is 4.97. The van der Waals surface area contributed by atoms with Gasteiger partial charge in [0.2, 0.25) is 15.9 Å². The number of likely N-dealkylation sites (tertiary alicyclic amines) is 1. The van der Waals surface area contributed by atoms with Gasteiger partial charge in [0.15, 0.2) is 0 Å². The van der Waals surface area contributed by atoms with Gasteiger partial charge in [-0.25, -0.2) is 12.8 Å². The van der Waals surface area contributed by atoms with E-state index >= 15 is 0 Å². The maximum Gasteiger partial charge on any atom is 0.243 e. The molecule has 0 atom stereocenters. The van der Waals surface area contributed by atoms with Gasteiger partial charge in [-0.2, -0.15) is 4.31 Å². The quantitative estimate of drug-likeness (QED) is 0.743. The standard InChI is InChI=1S/C21H25FN2O3S/c1-17-11-13-23(14-12-17)21(25)16-24(15-18-7-9-19(22)10-8-18)28(26,27)20-5-3-2-4-6-20/h2-10,17H,11-16H2,1H3. The van der Waals surface area contributed by atoms with Crippen molar-refractivity contribution in [2.24, 2.45) is 5.92 Å². The van der Waals surface area contributed by atoms with Crippen LogP contribution in [0.4, 0.5) is 4.39 Å². The molecule has 1 aliphatic heterocycles. The lowest BCUT2D eigenvalue weighted by Gasteiger charge is -2.32. The first-order chi connectivity index (χ1) is 13.4. The lowest BCUT2D eigenvalue weighted by atomic mass is 9.99. The van der Waals surface area contributed by atoms with E-state index < -0.39 is 10.0 Å². The SMILES string of the molecule is CC1CCN(C(=O)CN(Cc2ccc(F)cc2)S(=O)(=O)c2ccccc2)CC1. The van der Waals surface area contributed by atoms with Crippen molar-refractivity contribution >= 4 is 15.9 Å². The highest BCUT2D eigenvalue weighted by atomic mass is 32.2. The van der Waals surface area contributed by atoms with Crippen LogP contribution >= 0.6 is 0 Å². The monoisotopic (exact) mass is 404 g/mol. The van der Waals surface area contributed by atoms with E-state index in [0.717, 1.165) is 12.8 Å². The van der Waals surface area contributed by atoms with Crippen molar-refractivity contribution < 1.29 is 17.6 Å². The van der Waals surface area contributed by atoms with Crippen LogP contribution in [0.1, 0.15) is 25.3 Å².